The predicted octanol–water partition coefficient (Wildman–Crippen LogP) is 10.4. The fraction of sp³-hybridized carbons (Fsp3) is 0.458. The van der Waals surface area contributed by atoms with Crippen LogP contribution < -0.4 is 0 Å². The van der Waals surface area contributed by atoms with Crippen LogP contribution in [0.15, 0.2) is 130 Å². The maximum atomic E-state index is 13.1. The zero-order chi connectivity index (χ0) is 42.4. The molecule has 0 radical (unpaired) electrons. The highest BCUT2D eigenvalue weighted by Gasteiger charge is 2.40. The number of hydrogen-bond acceptors (Lipinski definition) is 7. The van der Waals surface area contributed by atoms with Crippen LogP contribution >= 0.6 is 0 Å². The third kappa shape index (κ3) is 15.8. The maximum absolute atomic E-state index is 13.1. The molecular weight excluding hydrogens is 705 g/mol. The molecule has 0 heterocycles. The van der Waals surface area contributed by atoms with Crippen molar-refractivity contribution in [3.8, 4) is 0 Å². The van der Waals surface area contributed by atoms with Crippen LogP contribution in [-0.4, -0.2) is 59.6 Å². The molecule has 0 saturated carbocycles. The summed E-state index contributed by atoms with van der Waals surface area (Å²) in [5, 5.41) is 8.94. The van der Waals surface area contributed by atoms with Crippen LogP contribution in [0.3, 0.4) is 0 Å². The molecule has 0 bridgehead atoms. The van der Waals surface area contributed by atoms with Crippen LogP contribution in [0.1, 0.15) is 103 Å². The zero-order valence-corrected chi connectivity index (χ0v) is 35.9. The molecule has 1 N–H and O–H groups in total. The maximum Gasteiger partial charge on any atom is 0.332 e. The number of carbonyl (C=O) groups excluding carboxylic acids is 3. The lowest BCUT2D eigenvalue weighted by Gasteiger charge is -2.36. The van der Waals surface area contributed by atoms with E-state index in [1.165, 1.54) is 0 Å². The summed E-state index contributed by atoms with van der Waals surface area (Å²) < 4.78 is 16.4. The zero-order valence-electron chi connectivity index (χ0n) is 35.9. The minimum atomic E-state index is -1.09. The van der Waals surface area contributed by atoms with Crippen molar-refractivity contribution in [1.82, 2.24) is 0 Å². The number of rotatable bonds is 16. The molecule has 304 valence electrons. The predicted molar refractivity (Wildman–Crippen MR) is 226 cm³/mol. The number of Topliss-reactive ketones (excluding diaryl/α,β-unsaturated/α-hetero) is 2. The Morgan fingerprint density at radius 2 is 1.00 bits per heavy atom. The van der Waals surface area contributed by atoms with Gasteiger partial charge in [-0.05, 0) is 108 Å². The van der Waals surface area contributed by atoms with E-state index in [0.717, 1.165) is 33.4 Å². The molecule has 0 saturated heterocycles. The van der Waals surface area contributed by atoms with E-state index < -0.39 is 36.4 Å². The second-order valence-electron chi connectivity index (χ2n) is 17.0. The molecule has 56 heavy (non-hydrogen) atoms. The van der Waals surface area contributed by atoms with E-state index >= 15 is 0 Å². The van der Waals surface area contributed by atoms with Gasteiger partial charge in [0.25, 0.3) is 0 Å². The van der Waals surface area contributed by atoms with E-state index in [4.69, 9.17) is 19.3 Å². The highest BCUT2D eigenvalue weighted by molar-refractivity contribution is 6.01. The topological polar surface area (TPSA) is 116 Å². The third-order valence-corrected chi connectivity index (χ3v) is 9.50. The molecule has 0 aromatic rings. The van der Waals surface area contributed by atoms with Crippen LogP contribution in [0.25, 0.3) is 0 Å². The minimum absolute atomic E-state index is 0.100. The van der Waals surface area contributed by atoms with E-state index in [1.807, 2.05) is 134 Å². The summed E-state index contributed by atoms with van der Waals surface area (Å²) >= 11 is 0. The Morgan fingerprint density at radius 1 is 0.643 bits per heavy atom. The van der Waals surface area contributed by atoms with Crippen LogP contribution in [0.4, 0.5) is 0 Å². The van der Waals surface area contributed by atoms with Gasteiger partial charge in [0.15, 0.2) is 11.6 Å². The summed E-state index contributed by atoms with van der Waals surface area (Å²) in [7, 11) is 0. The Labute approximate surface area is 335 Å². The van der Waals surface area contributed by atoms with Crippen LogP contribution in [0.2, 0.25) is 0 Å². The van der Waals surface area contributed by atoms with Crippen molar-refractivity contribution in [1.29, 1.82) is 0 Å². The summed E-state index contributed by atoms with van der Waals surface area (Å²) in [5.41, 5.74) is 6.14. The summed E-state index contributed by atoms with van der Waals surface area (Å²) in [6.07, 6.45) is 27.7. The van der Waals surface area contributed by atoms with Crippen molar-refractivity contribution < 1.29 is 38.5 Å². The van der Waals surface area contributed by atoms with Gasteiger partial charge in [-0.25, -0.2) is 9.59 Å². The van der Waals surface area contributed by atoms with E-state index in [-0.39, 0.29) is 29.0 Å². The fourth-order valence-electron chi connectivity index (χ4n) is 6.55. The molecule has 0 aliphatic heterocycles. The van der Waals surface area contributed by atoms with Gasteiger partial charge in [0.1, 0.15) is 31.0 Å². The lowest BCUT2D eigenvalue weighted by molar-refractivity contribution is -0.163. The Bertz CT molecular complexity index is 1830. The fourth-order valence-corrected chi connectivity index (χ4v) is 6.55. The largest absolute Gasteiger partial charge is 0.480 e. The van der Waals surface area contributed by atoms with Crippen LogP contribution in [0, 0.1) is 10.8 Å². The van der Waals surface area contributed by atoms with E-state index in [0.29, 0.717) is 24.0 Å². The lowest BCUT2D eigenvalue weighted by Crippen LogP contribution is -2.39. The Morgan fingerprint density at radius 3 is 1.38 bits per heavy atom. The first-order chi connectivity index (χ1) is 25.9. The molecule has 2 aliphatic carbocycles. The van der Waals surface area contributed by atoms with Crippen molar-refractivity contribution in [3.05, 3.63) is 130 Å². The molecule has 0 spiro atoms. The van der Waals surface area contributed by atoms with Gasteiger partial charge >= 0.3 is 11.9 Å². The Balaban J connectivity index is 1.97. The monoisotopic (exact) mass is 768 g/mol. The highest BCUT2D eigenvalue weighted by Crippen LogP contribution is 2.42. The number of ketones is 2. The molecule has 2 unspecified atom stereocenters. The molecule has 0 aromatic heterocycles. The number of hydrogen-bond donors (Lipinski definition) is 1. The summed E-state index contributed by atoms with van der Waals surface area (Å²) in [6, 6.07) is 0. The molecule has 0 amide bonds. The molecule has 8 heteroatoms. The summed E-state index contributed by atoms with van der Waals surface area (Å²) in [6.45, 7) is 24.6. The quantitative estimate of drug-likeness (QED) is 0.122. The van der Waals surface area contributed by atoms with Crippen molar-refractivity contribution in [2.75, 3.05) is 13.2 Å². The highest BCUT2D eigenvalue weighted by atomic mass is 16.6. The molecular formula is C48H64O8. The average Bonchev–Trinajstić information content (AvgIpc) is 3.07. The molecule has 2 atom stereocenters. The van der Waals surface area contributed by atoms with Crippen molar-refractivity contribution in [2.45, 2.75) is 121 Å². The summed E-state index contributed by atoms with van der Waals surface area (Å²) in [4.78, 5) is 49.0. The van der Waals surface area contributed by atoms with Gasteiger partial charge in [0, 0.05) is 0 Å². The first kappa shape index (κ1) is 47.5. The van der Waals surface area contributed by atoms with E-state index in [2.05, 4.69) is 13.8 Å². The summed E-state index contributed by atoms with van der Waals surface area (Å²) in [5.74, 6) is -1.83. The SMILES string of the molecule is CC(C=CC=C(C)C=CC1=C(C)C(=O)C(OCC(=O)O)CC1(C)C)=CC=CC=C(C)C=CC=C(C)C=CC1=C(C)C(=O)C(OCC(=O)OC(C)(C)C)CC1(C)C. The normalized spacial score (nSPS) is 21.9. The van der Waals surface area contributed by atoms with E-state index in [9.17, 15) is 19.2 Å². The Kier molecular flexibility index (Phi) is 17.8. The first-order valence-corrected chi connectivity index (χ1v) is 19.2. The number of carboxylic acid groups (broad SMARTS) is 1. The molecule has 8 nitrogen and oxygen atoms in total. The number of allylic oxidation sites excluding steroid dienone is 20. The second-order valence-corrected chi connectivity index (χ2v) is 17.0. The minimum Gasteiger partial charge on any atom is -0.480 e. The van der Waals surface area contributed by atoms with Gasteiger partial charge in [-0.1, -0.05) is 135 Å². The molecule has 0 fully saturated rings. The third-order valence-electron chi connectivity index (χ3n) is 9.50. The van der Waals surface area contributed by atoms with Crippen LogP contribution in [-0.2, 0) is 33.4 Å². The number of aliphatic carboxylic acids is 1. The molecule has 0 aromatic carbocycles. The van der Waals surface area contributed by atoms with Gasteiger partial charge in [0.2, 0.25) is 0 Å². The lowest BCUT2D eigenvalue weighted by atomic mass is 9.71. The first-order valence-electron chi connectivity index (χ1n) is 19.2. The molecule has 2 rings (SSSR count). The van der Waals surface area contributed by atoms with Crippen LogP contribution in [0.5, 0.6) is 0 Å². The van der Waals surface area contributed by atoms with Gasteiger partial charge in [0.05, 0.1) is 0 Å². The van der Waals surface area contributed by atoms with Gasteiger partial charge < -0.3 is 19.3 Å². The van der Waals surface area contributed by atoms with Gasteiger partial charge in [-0.3, -0.25) is 9.59 Å². The van der Waals surface area contributed by atoms with Crippen molar-refractivity contribution in [2.24, 2.45) is 10.8 Å². The second kappa shape index (κ2) is 21.0. The number of carbonyl (C=O) groups is 4. The van der Waals surface area contributed by atoms with Crippen molar-refractivity contribution >= 4 is 23.5 Å². The van der Waals surface area contributed by atoms with Gasteiger partial charge in [-0.2, -0.15) is 0 Å². The molecule has 2 aliphatic rings. The Hall–Kier alpha value is -4.66. The van der Waals surface area contributed by atoms with Gasteiger partial charge in [-0.15, -0.1) is 0 Å². The average molecular weight is 769 g/mol. The van der Waals surface area contributed by atoms with Crippen molar-refractivity contribution in [3.63, 3.8) is 0 Å². The standard InChI is InChI=1S/C48H64O8/c1-32(20-16-22-34(3)24-26-38-36(5)44(52)40(28-47(38,10)11)54-30-42(49)50)18-14-15-19-33(2)21-17-23-35(4)25-27-39-37(6)45(53)41(29-48(39,12)13)55-31-43(51)56-46(7,8)9/h14-27,40-41H,28-31H2,1-13H3,(H,49,50). The number of carboxylic acids is 1. The number of esters is 1. The number of ether oxygens (including phenoxy) is 3. The van der Waals surface area contributed by atoms with E-state index in [1.54, 1.807) is 27.7 Å². The smallest absolute Gasteiger partial charge is 0.332 e.